The fourth-order valence-corrected chi connectivity index (χ4v) is 4.10. The van der Waals surface area contributed by atoms with Crippen molar-refractivity contribution >= 4 is 10.0 Å². The third kappa shape index (κ3) is 3.83. The molecule has 0 aliphatic heterocycles. The van der Waals surface area contributed by atoms with Crippen LogP contribution in [-0.4, -0.2) is 44.1 Å². The van der Waals surface area contributed by atoms with Gasteiger partial charge in [-0.1, -0.05) is 25.0 Å². The minimum Gasteiger partial charge on any atom is -0.389 e. The Hall–Kier alpha value is -0.950. The molecule has 6 heteroatoms. The Labute approximate surface area is 127 Å². The summed E-state index contributed by atoms with van der Waals surface area (Å²) in [7, 11) is -0.161. The molecule has 0 bridgehead atoms. The highest BCUT2D eigenvalue weighted by Gasteiger charge is 2.35. The highest BCUT2D eigenvalue weighted by molar-refractivity contribution is 7.89. The molecule has 0 amide bonds. The van der Waals surface area contributed by atoms with Crippen molar-refractivity contribution in [3.63, 3.8) is 0 Å². The number of hydrogen-bond donors (Lipinski definition) is 2. The Bertz CT molecular complexity index is 563. The fraction of sp³-hybridized carbons (Fsp3) is 0.600. The van der Waals surface area contributed by atoms with E-state index < -0.39 is 15.6 Å². The second-order valence-corrected chi connectivity index (χ2v) is 7.91. The summed E-state index contributed by atoms with van der Waals surface area (Å²) >= 11 is 0. The molecule has 0 spiro atoms. The summed E-state index contributed by atoms with van der Waals surface area (Å²) in [6.45, 7) is 0.865. The summed E-state index contributed by atoms with van der Waals surface area (Å²) in [5.74, 6) is 0. The van der Waals surface area contributed by atoms with Gasteiger partial charge in [-0.25, -0.2) is 8.42 Å². The zero-order valence-electron chi connectivity index (χ0n) is 12.7. The smallest absolute Gasteiger partial charge is 0.242 e. The van der Waals surface area contributed by atoms with Crippen molar-refractivity contribution in [3.05, 3.63) is 29.8 Å². The number of sulfonamides is 1. The van der Waals surface area contributed by atoms with Crippen LogP contribution in [-0.2, 0) is 16.6 Å². The lowest BCUT2D eigenvalue weighted by Crippen LogP contribution is -2.41. The molecule has 118 valence electrons. The van der Waals surface area contributed by atoms with Crippen molar-refractivity contribution in [2.45, 2.75) is 42.7 Å². The summed E-state index contributed by atoms with van der Waals surface area (Å²) in [4.78, 5) is 0.270. The van der Waals surface area contributed by atoms with Gasteiger partial charge in [-0.05, 0) is 37.6 Å². The first-order valence-corrected chi connectivity index (χ1v) is 8.74. The van der Waals surface area contributed by atoms with E-state index in [1.54, 1.807) is 12.1 Å². The van der Waals surface area contributed by atoms with E-state index in [0.29, 0.717) is 19.4 Å². The molecule has 1 aliphatic carbocycles. The van der Waals surface area contributed by atoms with Gasteiger partial charge in [0, 0.05) is 20.1 Å². The molecule has 21 heavy (non-hydrogen) atoms. The third-order valence-electron chi connectivity index (χ3n) is 4.06. The SMILES string of the molecule is CNCc1ccc(S(=O)(=O)N(C)CC2(O)CCCC2)cc1. The van der Waals surface area contributed by atoms with Crippen LogP contribution in [0, 0.1) is 0 Å². The van der Waals surface area contributed by atoms with Gasteiger partial charge in [-0.2, -0.15) is 4.31 Å². The molecular formula is C15H24N2O3S. The maximum absolute atomic E-state index is 12.5. The molecule has 0 atom stereocenters. The van der Waals surface area contributed by atoms with Crippen LogP contribution in [0.25, 0.3) is 0 Å². The molecule has 2 rings (SSSR count). The predicted octanol–water partition coefficient (Wildman–Crippen LogP) is 1.33. The first kappa shape index (κ1) is 16.4. The van der Waals surface area contributed by atoms with E-state index in [0.717, 1.165) is 18.4 Å². The van der Waals surface area contributed by atoms with E-state index in [1.807, 2.05) is 19.2 Å². The molecule has 5 nitrogen and oxygen atoms in total. The molecule has 1 aliphatic rings. The largest absolute Gasteiger partial charge is 0.389 e. The number of aliphatic hydroxyl groups is 1. The zero-order valence-corrected chi connectivity index (χ0v) is 13.5. The van der Waals surface area contributed by atoms with E-state index >= 15 is 0 Å². The Morgan fingerprint density at radius 2 is 1.81 bits per heavy atom. The van der Waals surface area contributed by atoms with Crippen LogP contribution < -0.4 is 5.32 Å². The minimum atomic E-state index is -3.54. The molecule has 0 aromatic heterocycles. The lowest BCUT2D eigenvalue weighted by molar-refractivity contribution is 0.0333. The van der Waals surface area contributed by atoms with E-state index in [2.05, 4.69) is 5.32 Å². The van der Waals surface area contributed by atoms with Crippen LogP contribution in [0.3, 0.4) is 0 Å². The lowest BCUT2D eigenvalue weighted by Gasteiger charge is -2.28. The third-order valence-corrected chi connectivity index (χ3v) is 5.88. The Morgan fingerprint density at radius 1 is 1.24 bits per heavy atom. The van der Waals surface area contributed by atoms with E-state index in [1.165, 1.54) is 11.4 Å². The van der Waals surface area contributed by atoms with E-state index in [4.69, 9.17) is 0 Å². The van der Waals surface area contributed by atoms with Crippen LogP contribution in [0.1, 0.15) is 31.2 Å². The van der Waals surface area contributed by atoms with Crippen LogP contribution in [0.4, 0.5) is 0 Å². The average Bonchev–Trinajstić information content (AvgIpc) is 2.86. The molecule has 1 fully saturated rings. The molecule has 2 N–H and O–H groups in total. The Morgan fingerprint density at radius 3 is 2.33 bits per heavy atom. The number of nitrogens with one attached hydrogen (secondary N) is 1. The van der Waals surface area contributed by atoms with Gasteiger partial charge in [-0.3, -0.25) is 0 Å². The molecule has 0 unspecified atom stereocenters. The van der Waals surface area contributed by atoms with Crippen molar-refractivity contribution in [2.75, 3.05) is 20.6 Å². The number of benzene rings is 1. The predicted molar refractivity (Wildman–Crippen MR) is 82.4 cm³/mol. The number of rotatable bonds is 6. The van der Waals surface area contributed by atoms with Crippen molar-refractivity contribution in [2.24, 2.45) is 0 Å². The average molecular weight is 312 g/mol. The Kier molecular flexibility index (Phi) is 5.03. The number of nitrogens with zero attached hydrogens (tertiary/aromatic N) is 1. The minimum absolute atomic E-state index is 0.160. The topological polar surface area (TPSA) is 69.6 Å². The van der Waals surface area contributed by atoms with Crippen molar-refractivity contribution in [3.8, 4) is 0 Å². The summed E-state index contributed by atoms with van der Waals surface area (Å²) in [5, 5.41) is 13.4. The van der Waals surface area contributed by atoms with Crippen LogP contribution in [0.5, 0.6) is 0 Å². The summed E-state index contributed by atoms with van der Waals surface area (Å²) < 4.78 is 26.3. The van der Waals surface area contributed by atoms with Crippen LogP contribution in [0.2, 0.25) is 0 Å². The monoisotopic (exact) mass is 312 g/mol. The quantitative estimate of drug-likeness (QED) is 0.831. The molecular weight excluding hydrogens is 288 g/mol. The molecule has 1 saturated carbocycles. The molecule has 1 aromatic carbocycles. The van der Waals surface area contributed by atoms with Crippen LogP contribution >= 0.6 is 0 Å². The molecule has 0 radical (unpaired) electrons. The highest BCUT2D eigenvalue weighted by Crippen LogP contribution is 2.31. The standard InChI is InChI=1S/C15H24N2O3S/c1-16-11-13-5-7-14(8-6-13)21(19,20)17(2)12-15(18)9-3-4-10-15/h5-8,16,18H,3-4,9-12H2,1-2H3. The maximum atomic E-state index is 12.5. The first-order chi connectivity index (χ1) is 9.87. The van der Waals surface area contributed by atoms with Gasteiger partial charge >= 0.3 is 0 Å². The molecule has 1 aromatic rings. The van der Waals surface area contributed by atoms with Crippen molar-refractivity contribution in [1.82, 2.24) is 9.62 Å². The van der Waals surface area contributed by atoms with Gasteiger partial charge < -0.3 is 10.4 Å². The lowest BCUT2D eigenvalue weighted by atomic mass is 10.0. The van der Waals surface area contributed by atoms with Gasteiger partial charge in [0.2, 0.25) is 10.0 Å². The van der Waals surface area contributed by atoms with Crippen molar-refractivity contribution in [1.29, 1.82) is 0 Å². The second kappa shape index (κ2) is 6.44. The summed E-state index contributed by atoms with van der Waals surface area (Å²) in [5.41, 5.74) is 0.168. The molecule has 0 saturated heterocycles. The Balaban J connectivity index is 2.12. The summed E-state index contributed by atoms with van der Waals surface area (Å²) in [6.07, 6.45) is 3.27. The van der Waals surface area contributed by atoms with E-state index in [-0.39, 0.29) is 11.4 Å². The van der Waals surface area contributed by atoms with Gasteiger partial charge in [-0.15, -0.1) is 0 Å². The van der Waals surface area contributed by atoms with Crippen molar-refractivity contribution < 1.29 is 13.5 Å². The fourth-order valence-electron chi connectivity index (χ4n) is 2.85. The number of likely N-dealkylation sites (N-methyl/N-ethyl adjacent to an activating group) is 1. The molecule has 0 heterocycles. The number of hydrogen-bond acceptors (Lipinski definition) is 4. The maximum Gasteiger partial charge on any atom is 0.242 e. The van der Waals surface area contributed by atoms with Gasteiger partial charge in [0.05, 0.1) is 10.5 Å². The normalized spacial score (nSPS) is 18.3. The van der Waals surface area contributed by atoms with E-state index in [9.17, 15) is 13.5 Å². The first-order valence-electron chi connectivity index (χ1n) is 7.30. The van der Waals surface area contributed by atoms with Gasteiger partial charge in [0.25, 0.3) is 0 Å². The second-order valence-electron chi connectivity index (χ2n) is 5.87. The van der Waals surface area contributed by atoms with Crippen LogP contribution in [0.15, 0.2) is 29.2 Å². The van der Waals surface area contributed by atoms with Gasteiger partial charge in [0.1, 0.15) is 0 Å². The zero-order chi connectivity index (χ0) is 15.5. The van der Waals surface area contributed by atoms with Gasteiger partial charge in [0.15, 0.2) is 0 Å². The summed E-state index contributed by atoms with van der Waals surface area (Å²) in [6, 6.07) is 6.86. The highest BCUT2D eigenvalue weighted by atomic mass is 32.2.